The lowest BCUT2D eigenvalue weighted by Crippen LogP contribution is -2.43. The summed E-state index contributed by atoms with van der Waals surface area (Å²) in [4.78, 5) is 18.0. The van der Waals surface area contributed by atoms with Crippen molar-refractivity contribution in [2.75, 3.05) is 25.0 Å². The summed E-state index contributed by atoms with van der Waals surface area (Å²) < 4.78 is 0. The average molecular weight is 276 g/mol. The van der Waals surface area contributed by atoms with E-state index in [0.29, 0.717) is 6.04 Å². The fourth-order valence-electron chi connectivity index (χ4n) is 2.60. The molecular weight excluding hydrogens is 252 g/mol. The van der Waals surface area contributed by atoms with Gasteiger partial charge in [0.2, 0.25) is 5.91 Å². The van der Waals surface area contributed by atoms with Crippen molar-refractivity contribution in [3.8, 4) is 0 Å². The van der Waals surface area contributed by atoms with Crippen molar-refractivity contribution in [2.45, 2.75) is 39.3 Å². The maximum absolute atomic E-state index is 11.0. The van der Waals surface area contributed by atoms with E-state index in [1.54, 1.807) is 6.92 Å². The fraction of sp³-hybridized carbons (Fsp3) is 0.600. The second-order valence-electron chi connectivity index (χ2n) is 5.30. The molecule has 1 fully saturated rings. The van der Waals surface area contributed by atoms with Crippen molar-refractivity contribution < 1.29 is 4.79 Å². The first-order chi connectivity index (χ1) is 9.67. The van der Waals surface area contributed by atoms with Crippen LogP contribution in [-0.4, -0.2) is 41.5 Å². The summed E-state index contributed by atoms with van der Waals surface area (Å²) >= 11 is 0. The Morgan fingerprint density at radius 2 is 2.15 bits per heavy atom. The zero-order valence-corrected chi connectivity index (χ0v) is 12.4. The number of nitrogens with zero attached hydrogens (tertiary/aromatic N) is 2. The monoisotopic (exact) mass is 276 g/mol. The van der Waals surface area contributed by atoms with Gasteiger partial charge >= 0.3 is 0 Å². The Bertz CT molecular complexity index is 441. The number of likely N-dealkylation sites (tertiary alicyclic amines) is 1. The van der Waals surface area contributed by atoms with Gasteiger partial charge in [-0.2, -0.15) is 0 Å². The molecular formula is C15H24N4O. The number of amides is 1. The zero-order valence-electron chi connectivity index (χ0n) is 12.4. The van der Waals surface area contributed by atoms with Crippen LogP contribution in [0, 0.1) is 0 Å². The third-order valence-electron chi connectivity index (χ3n) is 3.55. The minimum Gasteiger partial charge on any atom is -0.370 e. The first kappa shape index (κ1) is 14.8. The summed E-state index contributed by atoms with van der Waals surface area (Å²) in [6.07, 6.45) is 2.04. The second kappa shape index (κ2) is 7.24. The van der Waals surface area contributed by atoms with E-state index in [9.17, 15) is 4.79 Å². The number of anilines is 1. The maximum Gasteiger partial charge on any atom is 0.217 e. The third kappa shape index (κ3) is 4.49. The van der Waals surface area contributed by atoms with Gasteiger partial charge in [-0.15, -0.1) is 0 Å². The van der Waals surface area contributed by atoms with Gasteiger partial charge in [0.25, 0.3) is 0 Å². The lowest BCUT2D eigenvalue weighted by Gasteiger charge is -2.31. The minimum absolute atomic E-state index is 0.0726. The third-order valence-corrected chi connectivity index (χ3v) is 3.55. The van der Waals surface area contributed by atoms with Crippen LogP contribution in [-0.2, 0) is 11.3 Å². The molecule has 1 aliphatic rings. The van der Waals surface area contributed by atoms with E-state index >= 15 is 0 Å². The van der Waals surface area contributed by atoms with Crippen LogP contribution >= 0.6 is 0 Å². The molecule has 0 aromatic carbocycles. The SMILES string of the molecule is CCNc1cccc(CN2CCC(NC(C)=O)CC2)n1. The molecule has 110 valence electrons. The molecule has 0 bridgehead atoms. The number of rotatable bonds is 5. The van der Waals surface area contributed by atoms with Crippen LogP contribution in [0.4, 0.5) is 5.82 Å². The number of hydrogen-bond donors (Lipinski definition) is 2. The summed E-state index contributed by atoms with van der Waals surface area (Å²) in [7, 11) is 0. The quantitative estimate of drug-likeness (QED) is 0.858. The van der Waals surface area contributed by atoms with Crippen LogP contribution in [0.2, 0.25) is 0 Å². The van der Waals surface area contributed by atoms with Gasteiger partial charge in [0.05, 0.1) is 5.69 Å². The topological polar surface area (TPSA) is 57.3 Å². The molecule has 1 aliphatic heterocycles. The van der Waals surface area contributed by atoms with Gasteiger partial charge in [0.1, 0.15) is 5.82 Å². The summed E-state index contributed by atoms with van der Waals surface area (Å²) in [5.74, 6) is 1.02. The van der Waals surface area contributed by atoms with E-state index in [1.807, 2.05) is 12.1 Å². The Morgan fingerprint density at radius 1 is 1.40 bits per heavy atom. The summed E-state index contributed by atoms with van der Waals surface area (Å²) in [5, 5.41) is 6.24. The van der Waals surface area contributed by atoms with Gasteiger partial charge in [-0.25, -0.2) is 4.98 Å². The van der Waals surface area contributed by atoms with Gasteiger partial charge < -0.3 is 10.6 Å². The molecule has 2 rings (SSSR count). The van der Waals surface area contributed by atoms with Crippen LogP contribution in [0.5, 0.6) is 0 Å². The lowest BCUT2D eigenvalue weighted by atomic mass is 10.0. The Hall–Kier alpha value is -1.62. The molecule has 2 heterocycles. The average Bonchev–Trinajstić information content (AvgIpc) is 2.41. The maximum atomic E-state index is 11.0. The van der Waals surface area contributed by atoms with Crippen molar-refractivity contribution in [1.82, 2.24) is 15.2 Å². The lowest BCUT2D eigenvalue weighted by molar-refractivity contribution is -0.119. The van der Waals surface area contributed by atoms with E-state index in [2.05, 4.69) is 33.5 Å². The molecule has 1 amide bonds. The molecule has 0 saturated carbocycles. The molecule has 2 N–H and O–H groups in total. The van der Waals surface area contributed by atoms with Crippen LogP contribution in [0.25, 0.3) is 0 Å². The standard InChI is InChI=1S/C15H24N4O/c1-3-16-15-6-4-5-14(18-15)11-19-9-7-13(8-10-19)17-12(2)20/h4-6,13H,3,7-11H2,1-2H3,(H,16,18)(H,17,20). The Balaban J connectivity index is 1.83. The van der Waals surface area contributed by atoms with Gasteiger partial charge in [0, 0.05) is 39.1 Å². The Kier molecular flexibility index (Phi) is 5.35. The molecule has 20 heavy (non-hydrogen) atoms. The van der Waals surface area contributed by atoms with E-state index in [1.165, 1.54) is 0 Å². The summed E-state index contributed by atoms with van der Waals surface area (Å²) in [6.45, 7) is 7.45. The smallest absolute Gasteiger partial charge is 0.217 e. The number of hydrogen-bond acceptors (Lipinski definition) is 4. The summed E-state index contributed by atoms with van der Waals surface area (Å²) in [6, 6.07) is 6.45. The highest BCUT2D eigenvalue weighted by molar-refractivity contribution is 5.73. The first-order valence-corrected chi connectivity index (χ1v) is 7.36. The number of pyridine rings is 1. The number of carbonyl (C=O) groups excluding carboxylic acids is 1. The molecule has 1 aromatic heterocycles. The van der Waals surface area contributed by atoms with E-state index < -0.39 is 0 Å². The molecule has 0 unspecified atom stereocenters. The molecule has 0 aliphatic carbocycles. The predicted molar refractivity (Wildman–Crippen MR) is 80.5 cm³/mol. The molecule has 1 saturated heterocycles. The van der Waals surface area contributed by atoms with Crippen molar-refractivity contribution in [2.24, 2.45) is 0 Å². The number of carbonyl (C=O) groups is 1. The molecule has 0 spiro atoms. The normalized spacial score (nSPS) is 16.9. The van der Waals surface area contributed by atoms with Crippen molar-refractivity contribution in [3.63, 3.8) is 0 Å². The fourth-order valence-corrected chi connectivity index (χ4v) is 2.60. The van der Waals surface area contributed by atoms with Gasteiger partial charge in [-0.05, 0) is 31.9 Å². The van der Waals surface area contributed by atoms with Crippen LogP contribution in [0.15, 0.2) is 18.2 Å². The highest BCUT2D eigenvalue weighted by Crippen LogP contribution is 2.14. The number of piperidine rings is 1. The van der Waals surface area contributed by atoms with Gasteiger partial charge in [-0.1, -0.05) is 6.07 Å². The Morgan fingerprint density at radius 3 is 2.80 bits per heavy atom. The van der Waals surface area contributed by atoms with Gasteiger partial charge in [-0.3, -0.25) is 9.69 Å². The largest absolute Gasteiger partial charge is 0.370 e. The van der Waals surface area contributed by atoms with Crippen LogP contribution < -0.4 is 10.6 Å². The molecule has 0 atom stereocenters. The minimum atomic E-state index is 0.0726. The molecule has 0 radical (unpaired) electrons. The van der Waals surface area contributed by atoms with Crippen molar-refractivity contribution in [1.29, 1.82) is 0 Å². The number of aromatic nitrogens is 1. The van der Waals surface area contributed by atoms with E-state index in [0.717, 1.165) is 50.5 Å². The molecule has 5 nitrogen and oxygen atoms in total. The Labute approximate surface area is 120 Å². The summed E-state index contributed by atoms with van der Waals surface area (Å²) in [5.41, 5.74) is 1.10. The van der Waals surface area contributed by atoms with Crippen LogP contribution in [0.1, 0.15) is 32.4 Å². The van der Waals surface area contributed by atoms with Crippen molar-refractivity contribution in [3.05, 3.63) is 23.9 Å². The van der Waals surface area contributed by atoms with Gasteiger partial charge in [0.15, 0.2) is 0 Å². The predicted octanol–water partition coefficient (Wildman–Crippen LogP) is 1.61. The van der Waals surface area contributed by atoms with E-state index in [-0.39, 0.29) is 5.91 Å². The number of nitrogens with one attached hydrogen (secondary N) is 2. The highest BCUT2D eigenvalue weighted by Gasteiger charge is 2.19. The second-order valence-corrected chi connectivity index (χ2v) is 5.30. The molecule has 5 heteroatoms. The highest BCUT2D eigenvalue weighted by atomic mass is 16.1. The van der Waals surface area contributed by atoms with Crippen LogP contribution in [0.3, 0.4) is 0 Å². The van der Waals surface area contributed by atoms with E-state index in [4.69, 9.17) is 0 Å². The molecule has 1 aromatic rings. The first-order valence-electron chi connectivity index (χ1n) is 7.36. The zero-order chi connectivity index (χ0) is 14.4. The van der Waals surface area contributed by atoms with Crippen molar-refractivity contribution >= 4 is 11.7 Å².